The van der Waals surface area contributed by atoms with Crippen molar-refractivity contribution in [3.05, 3.63) is 59.7 Å². The lowest BCUT2D eigenvalue weighted by Gasteiger charge is -2.16. The SMILES string of the molecule is CCC(CCC(=O)O)NC(=O)C1CC1CNC(=O)OCC1c2ccccc2-c2ccccc21. The van der Waals surface area contributed by atoms with Crippen molar-refractivity contribution in [3.8, 4) is 11.1 Å². The zero-order chi connectivity index (χ0) is 23.4. The third-order valence-electron chi connectivity index (χ3n) is 6.66. The second-order valence-electron chi connectivity index (χ2n) is 8.85. The van der Waals surface area contributed by atoms with Gasteiger partial charge in [0.1, 0.15) is 6.61 Å². The van der Waals surface area contributed by atoms with E-state index in [1.54, 1.807) is 0 Å². The van der Waals surface area contributed by atoms with E-state index in [1.165, 1.54) is 22.3 Å². The van der Waals surface area contributed by atoms with Gasteiger partial charge in [0.05, 0.1) is 0 Å². The Morgan fingerprint density at radius 1 is 1.06 bits per heavy atom. The van der Waals surface area contributed by atoms with E-state index >= 15 is 0 Å². The summed E-state index contributed by atoms with van der Waals surface area (Å²) in [5, 5.41) is 14.5. The van der Waals surface area contributed by atoms with Crippen LogP contribution in [0.5, 0.6) is 0 Å². The molecular formula is C26H30N2O5. The van der Waals surface area contributed by atoms with Crippen molar-refractivity contribution in [2.45, 2.75) is 44.6 Å². The predicted molar refractivity (Wildman–Crippen MR) is 124 cm³/mol. The fourth-order valence-corrected chi connectivity index (χ4v) is 4.64. The smallest absolute Gasteiger partial charge is 0.407 e. The van der Waals surface area contributed by atoms with E-state index in [0.717, 1.165) is 0 Å². The van der Waals surface area contributed by atoms with Gasteiger partial charge in [0, 0.05) is 30.8 Å². The number of rotatable bonds is 10. The molecule has 174 valence electrons. The van der Waals surface area contributed by atoms with E-state index in [2.05, 4.69) is 34.9 Å². The highest BCUT2D eigenvalue weighted by molar-refractivity contribution is 5.82. The molecule has 3 unspecified atom stereocenters. The van der Waals surface area contributed by atoms with Crippen molar-refractivity contribution in [2.75, 3.05) is 13.2 Å². The lowest BCUT2D eigenvalue weighted by Crippen LogP contribution is -2.37. The standard InChI is InChI=1S/C26H30N2O5/c1-2-17(11-12-24(29)30)28-25(31)22-13-16(22)14-27-26(32)33-15-23-20-9-5-3-7-18(20)19-8-4-6-10-21(19)23/h3-10,16-17,22-23H,2,11-15H2,1H3,(H,27,32)(H,28,31)(H,29,30). The monoisotopic (exact) mass is 450 g/mol. The van der Waals surface area contributed by atoms with Gasteiger partial charge in [0.15, 0.2) is 0 Å². The molecule has 2 aliphatic carbocycles. The first-order valence-corrected chi connectivity index (χ1v) is 11.6. The molecule has 0 aromatic heterocycles. The number of hydrogen-bond donors (Lipinski definition) is 3. The highest BCUT2D eigenvalue weighted by Crippen LogP contribution is 2.44. The van der Waals surface area contributed by atoms with Crippen molar-refractivity contribution in [1.82, 2.24) is 10.6 Å². The van der Waals surface area contributed by atoms with Crippen molar-refractivity contribution >= 4 is 18.0 Å². The molecule has 4 rings (SSSR count). The minimum Gasteiger partial charge on any atom is -0.481 e. The van der Waals surface area contributed by atoms with Gasteiger partial charge in [-0.05, 0) is 47.4 Å². The Labute approximate surface area is 193 Å². The van der Waals surface area contributed by atoms with Crippen LogP contribution >= 0.6 is 0 Å². The number of carboxylic acids is 1. The summed E-state index contributed by atoms with van der Waals surface area (Å²) < 4.78 is 5.54. The number of carbonyl (C=O) groups excluding carboxylic acids is 2. The predicted octanol–water partition coefficient (Wildman–Crippen LogP) is 3.92. The van der Waals surface area contributed by atoms with E-state index in [4.69, 9.17) is 9.84 Å². The van der Waals surface area contributed by atoms with Gasteiger partial charge in [-0.2, -0.15) is 0 Å². The number of nitrogens with one attached hydrogen (secondary N) is 2. The Balaban J connectivity index is 1.22. The van der Waals surface area contributed by atoms with Gasteiger partial charge in [0.25, 0.3) is 0 Å². The number of amides is 2. The quantitative estimate of drug-likeness (QED) is 0.509. The van der Waals surface area contributed by atoms with Crippen LogP contribution in [0.4, 0.5) is 4.79 Å². The average molecular weight is 451 g/mol. The number of hydrogen-bond acceptors (Lipinski definition) is 4. The fraction of sp³-hybridized carbons (Fsp3) is 0.423. The van der Waals surface area contributed by atoms with E-state index in [9.17, 15) is 14.4 Å². The van der Waals surface area contributed by atoms with Crippen LogP contribution in [-0.4, -0.2) is 42.3 Å². The number of benzene rings is 2. The summed E-state index contributed by atoms with van der Waals surface area (Å²) in [7, 11) is 0. The second-order valence-corrected chi connectivity index (χ2v) is 8.85. The number of carbonyl (C=O) groups is 3. The topological polar surface area (TPSA) is 105 Å². The first-order valence-electron chi connectivity index (χ1n) is 11.6. The Hall–Kier alpha value is -3.35. The third-order valence-corrected chi connectivity index (χ3v) is 6.66. The molecular weight excluding hydrogens is 420 g/mol. The number of carboxylic acid groups (broad SMARTS) is 1. The Morgan fingerprint density at radius 2 is 1.70 bits per heavy atom. The highest BCUT2D eigenvalue weighted by Gasteiger charge is 2.43. The normalized spacial score (nSPS) is 19.2. The molecule has 0 radical (unpaired) electrons. The molecule has 0 heterocycles. The molecule has 0 saturated heterocycles. The summed E-state index contributed by atoms with van der Waals surface area (Å²) in [6.07, 6.45) is 1.39. The van der Waals surface area contributed by atoms with Gasteiger partial charge in [-0.25, -0.2) is 4.79 Å². The lowest BCUT2D eigenvalue weighted by atomic mass is 9.98. The summed E-state index contributed by atoms with van der Waals surface area (Å²) in [5.74, 6) is -0.967. The minimum absolute atomic E-state index is 0.0133. The van der Waals surface area contributed by atoms with Gasteiger partial charge < -0.3 is 20.5 Å². The molecule has 2 aromatic carbocycles. The molecule has 1 saturated carbocycles. The largest absolute Gasteiger partial charge is 0.481 e. The molecule has 2 amide bonds. The van der Waals surface area contributed by atoms with Crippen LogP contribution in [0.3, 0.4) is 0 Å². The van der Waals surface area contributed by atoms with Gasteiger partial charge in [-0.3, -0.25) is 9.59 Å². The molecule has 2 aliphatic rings. The molecule has 33 heavy (non-hydrogen) atoms. The Bertz CT molecular complexity index is 991. The van der Waals surface area contributed by atoms with Crippen LogP contribution in [-0.2, 0) is 14.3 Å². The molecule has 0 aliphatic heterocycles. The van der Waals surface area contributed by atoms with E-state index < -0.39 is 12.1 Å². The van der Waals surface area contributed by atoms with Crippen LogP contribution in [0.25, 0.3) is 11.1 Å². The molecule has 3 N–H and O–H groups in total. The van der Waals surface area contributed by atoms with Crippen molar-refractivity contribution in [1.29, 1.82) is 0 Å². The zero-order valence-electron chi connectivity index (χ0n) is 18.8. The molecule has 0 spiro atoms. The maximum absolute atomic E-state index is 12.4. The van der Waals surface area contributed by atoms with Gasteiger partial charge in [0.2, 0.25) is 5.91 Å². The summed E-state index contributed by atoms with van der Waals surface area (Å²) in [6.45, 7) is 2.58. The molecule has 3 atom stereocenters. The van der Waals surface area contributed by atoms with E-state index in [-0.39, 0.29) is 42.7 Å². The van der Waals surface area contributed by atoms with Crippen molar-refractivity contribution < 1.29 is 24.2 Å². The van der Waals surface area contributed by atoms with Gasteiger partial charge >= 0.3 is 12.1 Å². The summed E-state index contributed by atoms with van der Waals surface area (Å²) in [6, 6.07) is 16.2. The number of aliphatic carboxylic acids is 1. The molecule has 7 heteroatoms. The molecule has 2 aromatic rings. The number of fused-ring (bicyclic) bond motifs is 3. The van der Waals surface area contributed by atoms with Crippen LogP contribution in [0.2, 0.25) is 0 Å². The second kappa shape index (κ2) is 10.1. The third kappa shape index (κ3) is 5.35. The first-order chi connectivity index (χ1) is 16.0. The van der Waals surface area contributed by atoms with Crippen LogP contribution < -0.4 is 10.6 Å². The van der Waals surface area contributed by atoms with Crippen LogP contribution in [0.15, 0.2) is 48.5 Å². The van der Waals surface area contributed by atoms with E-state index in [0.29, 0.717) is 25.8 Å². The average Bonchev–Trinajstić information content (AvgIpc) is 3.54. The summed E-state index contributed by atoms with van der Waals surface area (Å²) in [4.78, 5) is 35.5. The fourth-order valence-electron chi connectivity index (χ4n) is 4.64. The van der Waals surface area contributed by atoms with Crippen molar-refractivity contribution in [2.24, 2.45) is 11.8 Å². The highest BCUT2D eigenvalue weighted by atomic mass is 16.5. The van der Waals surface area contributed by atoms with Crippen molar-refractivity contribution in [3.63, 3.8) is 0 Å². The van der Waals surface area contributed by atoms with Gasteiger partial charge in [-0.15, -0.1) is 0 Å². The Kier molecular flexibility index (Phi) is 6.96. The van der Waals surface area contributed by atoms with Gasteiger partial charge in [-0.1, -0.05) is 55.5 Å². The number of alkyl carbamates (subject to hydrolysis) is 1. The Morgan fingerprint density at radius 3 is 2.30 bits per heavy atom. The van der Waals surface area contributed by atoms with E-state index in [1.807, 2.05) is 31.2 Å². The number of ether oxygens (including phenoxy) is 1. The molecule has 7 nitrogen and oxygen atoms in total. The van der Waals surface area contributed by atoms with Crippen LogP contribution in [0, 0.1) is 11.8 Å². The maximum Gasteiger partial charge on any atom is 0.407 e. The minimum atomic E-state index is -0.862. The zero-order valence-corrected chi connectivity index (χ0v) is 18.8. The summed E-state index contributed by atoms with van der Waals surface area (Å²) >= 11 is 0. The van der Waals surface area contributed by atoms with Crippen LogP contribution in [0.1, 0.15) is 49.7 Å². The maximum atomic E-state index is 12.4. The lowest BCUT2D eigenvalue weighted by molar-refractivity contribution is -0.137. The molecule has 1 fully saturated rings. The molecule has 0 bridgehead atoms. The first kappa shape index (κ1) is 22.8. The summed E-state index contributed by atoms with van der Waals surface area (Å²) in [5.41, 5.74) is 4.70.